The quantitative estimate of drug-likeness (QED) is 0.836. The molecule has 1 fully saturated rings. The van der Waals surface area contributed by atoms with E-state index in [4.69, 9.17) is 4.74 Å². The molecule has 0 aromatic carbocycles. The van der Waals surface area contributed by atoms with E-state index in [2.05, 4.69) is 17.6 Å². The summed E-state index contributed by atoms with van der Waals surface area (Å²) in [4.78, 5) is 16.3. The van der Waals surface area contributed by atoms with Crippen molar-refractivity contribution in [2.45, 2.75) is 17.9 Å². The molecule has 2 aliphatic heterocycles. The molecule has 2 aliphatic rings. The number of nitrogens with zero attached hydrogens (tertiary/aromatic N) is 2. The molecule has 1 amide bonds. The van der Waals surface area contributed by atoms with Crippen molar-refractivity contribution in [2.24, 2.45) is 5.41 Å². The fourth-order valence-corrected chi connectivity index (χ4v) is 4.75. The molecule has 8 heteroatoms. The van der Waals surface area contributed by atoms with E-state index in [-0.39, 0.29) is 22.5 Å². The van der Waals surface area contributed by atoms with Crippen molar-refractivity contribution >= 4 is 28.6 Å². The molecule has 1 aromatic heterocycles. The summed E-state index contributed by atoms with van der Waals surface area (Å²) in [6, 6.07) is 3.07. The molecule has 6 nitrogen and oxygen atoms in total. The van der Waals surface area contributed by atoms with Gasteiger partial charge in [0.2, 0.25) is 0 Å². The number of aromatic nitrogens is 1. The second kappa shape index (κ2) is 5.26. The Morgan fingerprint density at radius 3 is 2.71 bits per heavy atom. The second-order valence-electron chi connectivity index (χ2n) is 5.44. The van der Waals surface area contributed by atoms with Crippen LogP contribution in [0.25, 0.3) is 0 Å². The minimum absolute atomic E-state index is 0.136. The lowest BCUT2D eigenvalue weighted by Gasteiger charge is -2.38. The van der Waals surface area contributed by atoms with Gasteiger partial charge < -0.3 is 4.74 Å². The highest BCUT2D eigenvalue weighted by atomic mass is 32.2. The van der Waals surface area contributed by atoms with Gasteiger partial charge in [0.25, 0.3) is 15.9 Å². The van der Waals surface area contributed by atoms with Crippen LogP contribution in [0.5, 0.6) is 0 Å². The van der Waals surface area contributed by atoms with Gasteiger partial charge >= 0.3 is 0 Å². The van der Waals surface area contributed by atoms with Crippen LogP contribution in [0.4, 0.5) is 0 Å². The standard InChI is InChI=1S/C13H16N2O4S2/c16-12-10-2-1-5-14-11(10)21(17,18)15(12)8-13(9-20)3-6-19-7-4-13/h1-2,5,20H,3-4,6-9H2. The fourth-order valence-electron chi connectivity index (χ4n) is 2.74. The summed E-state index contributed by atoms with van der Waals surface area (Å²) in [5, 5.41) is -0.142. The Morgan fingerprint density at radius 2 is 2.10 bits per heavy atom. The predicted octanol–water partition coefficient (Wildman–Crippen LogP) is 0.953. The SMILES string of the molecule is O=C1c2cccnc2S(=O)(=O)N1CC1(CS)CCOCC1. The third kappa shape index (κ3) is 2.35. The zero-order valence-electron chi connectivity index (χ0n) is 11.4. The van der Waals surface area contributed by atoms with E-state index in [1.54, 1.807) is 6.07 Å². The smallest absolute Gasteiger partial charge is 0.285 e. The number of amides is 1. The van der Waals surface area contributed by atoms with Crippen molar-refractivity contribution < 1.29 is 17.9 Å². The molecule has 0 atom stereocenters. The molecule has 0 radical (unpaired) electrons. The number of ether oxygens (including phenoxy) is 1. The molecule has 114 valence electrons. The number of fused-ring (bicyclic) bond motifs is 1. The first-order valence-corrected chi connectivity index (χ1v) is 8.78. The number of carbonyl (C=O) groups is 1. The normalized spacial score (nSPS) is 23.1. The Balaban J connectivity index is 1.95. The summed E-state index contributed by atoms with van der Waals surface area (Å²) < 4.78 is 31.3. The maximum Gasteiger partial charge on any atom is 0.285 e. The first-order valence-electron chi connectivity index (χ1n) is 6.71. The first kappa shape index (κ1) is 14.8. The van der Waals surface area contributed by atoms with Crippen molar-refractivity contribution in [3.8, 4) is 0 Å². The van der Waals surface area contributed by atoms with Crippen LogP contribution in [0.1, 0.15) is 23.2 Å². The average molecular weight is 328 g/mol. The van der Waals surface area contributed by atoms with Crippen LogP contribution in [-0.4, -0.2) is 49.1 Å². The van der Waals surface area contributed by atoms with E-state index in [1.165, 1.54) is 12.3 Å². The lowest BCUT2D eigenvalue weighted by molar-refractivity contribution is 0.0181. The van der Waals surface area contributed by atoms with Crippen LogP contribution >= 0.6 is 12.6 Å². The molecule has 0 saturated carbocycles. The number of sulfonamides is 1. The zero-order valence-corrected chi connectivity index (χ0v) is 13.1. The van der Waals surface area contributed by atoms with Crippen LogP contribution in [0.2, 0.25) is 0 Å². The van der Waals surface area contributed by atoms with Gasteiger partial charge in [-0.05, 0) is 30.7 Å². The minimum atomic E-state index is -3.85. The number of hydrogen-bond acceptors (Lipinski definition) is 6. The van der Waals surface area contributed by atoms with Gasteiger partial charge in [-0.15, -0.1) is 0 Å². The van der Waals surface area contributed by atoms with E-state index in [9.17, 15) is 13.2 Å². The van der Waals surface area contributed by atoms with Crippen LogP contribution in [-0.2, 0) is 14.8 Å². The Hall–Kier alpha value is -1.12. The van der Waals surface area contributed by atoms with Gasteiger partial charge in [0.1, 0.15) is 0 Å². The van der Waals surface area contributed by atoms with Crippen LogP contribution in [0.3, 0.4) is 0 Å². The maximum absolute atomic E-state index is 12.5. The van der Waals surface area contributed by atoms with Crippen LogP contribution in [0, 0.1) is 5.41 Å². The Kier molecular flexibility index (Phi) is 3.71. The Morgan fingerprint density at radius 1 is 1.38 bits per heavy atom. The molecule has 3 heterocycles. The van der Waals surface area contributed by atoms with Gasteiger partial charge in [0, 0.05) is 31.4 Å². The lowest BCUT2D eigenvalue weighted by atomic mass is 9.82. The third-order valence-electron chi connectivity index (χ3n) is 4.13. The number of thiol groups is 1. The topological polar surface area (TPSA) is 76.6 Å². The predicted molar refractivity (Wildman–Crippen MR) is 78.8 cm³/mol. The monoisotopic (exact) mass is 328 g/mol. The van der Waals surface area contributed by atoms with Crippen molar-refractivity contribution in [1.29, 1.82) is 0 Å². The van der Waals surface area contributed by atoms with Gasteiger partial charge in [0.05, 0.1) is 5.56 Å². The van der Waals surface area contributed by atoms with E-state index < -0.39 is 15.9 Å². The largest absolute Gasteiger partial charge is 0.381 e. The number of pyridine rings is 1. The average Bonchev–Trinajstić information content (AvgIpc) is 2.70. The second-order valence-corrected chi connectivity index (χ2v) is 7.54. The molecule has 0 bridgehead atoms. The van der Waals surface area contributed by atoms with Gasteiger partial charge in [-0.3, -0.25) is 4.79 Å². The highest BCUT2D eigenvalue weighted by Crippen LogP contribution is 2.37. The molecular weight excluding hydrogens is 312 g/mol. The molecule has 0 spiro atoms. The molecule has 0 unspecified atom stereocenters. The molecule has 1 saturated heterocycles. The van der Waals surface area contributed by atoms with E-state index in [0.717, 1.165) is 4.31 Å². The minimum Gasteiger partial charge on any atom is -0.381 e. The van der Waals surface area contributed by atoms with Gasteiger partial charge in [-0.25, -0.2) is 9.29 Å². The summed E-state index contributed by atoms with van der Waals surface area (Å²) in [5.41, 5.74) is -0.176. The Labute approximate surface area is 129 Å². The fraction of sp³-hybridized carbons (Fsp3) is 0.538. The lowest BCUT2D eigenvalue weighted by Crippen LogP contribution is -2.45. The van der Waals surface area contributed by atoms with E-state index in [1.807, 2.05) is 0 Å². The van der Waals surface area contributed by atoms with Crippen molar-refractivity contribution in [3.63, 3.8) is 0 Å². The van der Waals surface area contributed by atoms with Crippen molar-refractivity contribution in [2.75, 3.05) is 25.5 Å². The van der Waals surface area contributed by atoms with E-state index in [0.29, 0.717) is 31.8 Å². The molecule has 0 aliphatic carbocycles. The van der Waals surface area contributed by atoms with Crippen molar-refractivity contribution in [3.05, 3.63) is 23.9 Å². The summed E-state index contributed by atoms with van der Waals surface area (Å²) in [7, 11) is -3.85. The molecule has 0 N–H and O–H groups in total. The molecule has 21 heavy (non-hydrogen) atoms. The summed E-state index contributed by atoms with van der Waals surface area (Å²) in [5.74, 6) is 0.0187. The number of rotatable bonds is 3. The summed E-state index contributed by atoms with van der Waals surface area (Å²) >= 11 is 4.37. The van der Waals surface area contributed by atoms with Crippen molar-refractivity contribution in [1.82, 2.24) is 9.29 Å². The first-order chi connectivity index (χ1) is 10.0. The van der Waals surface area contributed by atoms with Crippen LogP contribution < -0.4 is 0 Å². The Bertz CT molecular complexity index is 669. The number of hydrogen-bond donors (Lipinski definition) is 1. The van der Waals surface area contributed by atoms with Gasteiger partial charge in [-0.1, -0.05) is 0 Å². The molecule has 3 rings (SSSR count). The highest BCUT2D eigenvalue weighted by molar-refractivity contribution is 7.90. The zero-order chi connectivity index (χ0) is 15.1. The summed E-state index contributed by atoms with van der Waals surface area (Å²) in [6.45, 7) is 1.26. The third-order valence-corrected chi connectivity index (χ3v) is 6.49. The molecular formula is C13H16N2O4S2. The highest BCUT2D eigenvalue weighted by Gasteiger charge is 2.46. The van der Waals surface area contributed by atoms with Gasteiger partial charge in [-0.2, -0.15) is 21.0 Å². The van der Waals surface area contributed by atoms with E-state index >= 15 is 0 Å². The van der Waals surface area contributed by atoms with Crippen LogP contribution in [0.15, 0.2) is 23.4 Å². The van der Waals surface area contributed by atoms with Gasteiger partial charge in [0.15, 0.2) is 5.03 Å². The maximum atomic E-state index is 12.5. The molecule has 1 aromatic rings. The summed E-state index contributed by atoms with van der Waals surface area (Å²) in [6.07, 6.45) is 2.77. The number of carbonyl (C=O) groups excluding carboxylic acids is 1.